The Balaban J connectivity index is 1.84. The van der Waals surface area contributed by atoms with Crippen LogP contribution in [0.5, 0.6) is 5.75 Å². The van der Waals surface area contributed by atoms with E-state index in [1.54, 1.807) is 6.92 Å². The topological polar surface area (TPSA) is 139 Å². The van der Waals surface area contributed by atoms with Gasteiger partial charge in [-0.05, 0) is 28.5 Å². The van der Waals surface area contributed by atoms with Crippen molar-refractivity contribution in [1.29, 1.82) is 0 Å². The molecule has 0 bridgehead atoms. The molecule has 184 valence electrons. The number of benzene rings is 3. The Hall–Kier alpha value is -3.76. The number of rotatable bonds is 12. The van der Waals surface area contributed by atoms with Crippen LogP contribution in [0.25, 0.3) is 10.8 Å². The van der Waals surface area contributed by atoms with E-state index in [0.29, 0.717) is 12.1 Å². The van der Waals surface area contributed by atoms with Crippen molar-refractivity contribution >= 4 is 44.6 Å². The first-order valence-electron chi connectivity index (χ1n) is 11.0. The van der Waals surface area contributed by atoms with Gasteiger partial charge in [-0.25, -0.2) is 13.1 Å². The number of amides is 1. The van der Waals surface area contributed by atoms with Crippen LogP contribution in [-0.2, 0) is 30.8 Å². The maximum atomic E-state index is 12.9. The first-order valence-corrected chi connectivity index (χ1v) is 12.4. The highest BCUT2D eigenvalue weighted by molar-refractivity contribution is 7.89. The third-order valence-electron chi connectivity index (χ3n) is 5.17. The van der Waals surface area contributed by atoms with Crippen molar-refractivity contribution in [3.05, 3.63) is 66.2 Å². The number of fused-ring (bicyclic) bond motifs is 1. The molecule has 1 amide bonds. The van der Waals surface area contributed by atoms with E-state index in [9.17, 15) is 22.8 Å². The monoisotopic (exact) mass is 498 g/mol. The lowest BCUT2D eigenvalue weighted by molar-refractivity contribution is -0.138. The predicted molar refractivity (Wildman–Crippen MR) is 131 cm³/mol. The number of ether oxygens (including phenoxy) is 1. The first kappa shape index (κ1) is 25.9. The van der Waals surface area contributed by atoms with E-state index in [1.807, 2.05) is 42.5 Å². The number of anilines is 1. The van der Waals surface area contributed by atoms with Crippen molar-refractivity contribution in [2.45, 2.75) is 37.1 Å². The molecule has 0 aliphatic rings. The summed E-state index contributed by atoms with van der Waals surface area (Å²) in [6.07, 6.45) is 0.239. The summed E-state index contributed by atoms with van der Waals surface area (Å²) in [5.74, 6) is -1.62. The number of carbonyl (C=O) groups is 3. The van der Waals surface area contributed by atoms with Gasteiger partial charge in [-0.2, -0.15) is 0 Å². The van der Waals surface area contributed by atoms with E-state index in [1.165, 1.54) is 18.2 Å². The lowest BCUT2D eigenvalue weighted by atomic mass is 10.1. The van der Waals surface area contributed by atoms with Gasteiger partial charge in [0.05, 0.1) is 19.1 Å². The molecule has 0 spiro atoms. The number of hydrogen-bond acceptors (Lipinski definition) is 6. The number of carboxylic acids is 1. The lowest BCUT2D eigenvalue weighted by Gasteiger charge is -2.16. The second-order valence-electron chi connectivity index (χ2n) is 7.80. The van der Waals surface area contributed by atoms with E-state index in [2.05, 4.69) is 10.0 Å². The van der Waals surface area contributed by atoms with E-state index in [4.69, 9.17) is 9.84 Å². The lowest BCUT2D eigenvalue weighted by Crippen LogP contribution is -2.37. The molecule has 0 aliphatic carbocycles. The molecule has 0 saturated carbocycles. The van der Waals surface area contributed by atoms with E-state index in [-0.39, 0.29) is 35.9 Å². The predicted octanol–water partition coefficient (Wildman–Crippen LogP) is 3.13. The molecule has 1 atom stereocenters. The summed E-state index contributed by atoms with van der Waals surface area (Å²) >= 11 is 0. The van der Waals surface area contributed by atoms with Gasteiger partial charge >= 0.3 is 5.97 Å². The maximum Gasteiger partial charge on any atom is 0.305 e. The number of hydrogen-bond donors (Lipinski definition) is 3. The molecule has 35 heavy (non-hydrogen) atoms. The Morgan fingerprint density at radius 1 is 1.06 bits per heavy atom. The van der Waals surface area contributed by atoms with Crippen LogP contribution < -0.4 is 14.8 Å². The number of nitrogens with one attached hydrogen (secondary N) is 2. The Bertz CT molecular complexity index is 1340. The Kier molecular flexibility index (Phi) is 8.56. The van der Waals surface area contributed by atoms with Crippen molar-refractivity contribution in [2.24, 2.45) is 0 Å². The van der Waals surface area contributed by atoms with Crippen molar-refractivity contribution in [1.82, 2.24) is 4.72 Å². The normalized spacial score (nSPS) is 12.1. The van der Waals surface area contributed by atoms with Gasteiger partial charge in [0.25, 0.3) is 0 Å². The summed E-state index contributed by atoms with van der Waals surface area (Å²) in [7, 11) is -4.30. The summed E-state index contributed by atoms with van der Waals surface area (Å²) in [6.45, 7) is 1.82. The van der Waals surface area contributed by atoms with Crippen molar-refractivity contribution in [3.8, 4) is 5.75 Å². The van der Waals surface area contributed by atoms with E-state index < -0.39 is 28.5 Å². The molecule has 1 unspecified atom stereocenters. The fraction of sp³-hybridized carbons (Fsp3) is 0.240. The van der Waals surface area contributed by atoms with Crippen molar-refractivity contribution in [3.63, 3.8) is 0 Å². The minimum atomic E-state index is -4.30. The Morgan fingerprint density at radius 3 is 2.49 bits per heavy atom. The molecule has 3 aromatic rings. The largest absolute Gasteiger partial charge is 0.492 e. The van der Waals surface area contributed by atoms with Gasteiger partial charge in [0, 0.05) is 24.6 Å². The van der Waals surface area contributed by atoms with Gasteiger partial charge in [-0.15, -0.1) is 0 Å². The number of carboxylic acid groups (broad SMARTS) is 1. The van der Waals surface area contributed by atoms with Crippen LogP contribution in [0.4, 0.5) is 5.69 Å². The van der Waals surface area contributed by atoms with Gasteiger partial charge in [-0.3, -0.25) is 9.59 Å². The fourth-order valence-electron chi connectivity index (χ4n) is 3.41. The zero-order valence-corrected chi connectivity index (χ0v) is 19.9. The summed E-state index contributed by atoms with van der Waals surface area (Å²) in [5.41, 5.74) is 1.33. The van der Waals surface area contributed by atoms with Crippen molar-refractivity contribution < 1.29 is 32.6 Å². The Morgan fingerprint density at radius 2 is 1.80 bits per heavy atom. The zero-order chi connectivity index (χ0) is 25.4. The van der Waals surface area contributed by atoms with E-state index >= 15 is 0 Å². The maximum absolute atomic E-state index is 12.9. The smallest absolute Gasteiger partial charge is 0.305 e. The molecule has 0 aliphatic heterocycles. The van der Waals surface area contributed by atoms with Gasteiger partial charge < -0.3 is 20.0 Å². The average molecular weight is 499 g/mol. The molecule has 3 N–H and O–H groups in total. The third-order valence-corrected chi connectivity index (χ3v) is 6.69. The van der Waals surface area contributed by atoms with Crippen LogP contribution in [0, 0.1) is 0 Å². The highest BCUT2D eigenvalue weighted by Gasteiger charge is 2.25. The molecule has 0 saturated heterocycles. The highest BCUT2D eigenvalue weighted by Crippen LogP contribution is 2.28. The van der Waals surface area contributed by atoms with Gasteiger partial charge in [-0.1, -0.05) is 49.4 Å². The molecule has 0 heterocycles. The van der Waals surface area contributed by atoms with Crippen molar-refractivity contribution in [2.75, 3.05) is 11.9 Å². The van der Waals surface area contributed by atoms with Gasteiger partial charge in [0.2, 0.25) is 15.9 Å². The molecule has 3 rings (SSSR count). The number of aliphatic carboxylic acids is 1. The second kappa shape index (κ2) is 11.6. The van der Waals surface area contributed by atoms with Crippen LogP contribution in [0.3, 0.4) is 0 Å². The quantitative estimate of drug-likeness (QED) is 0.326. The highest BCUT2D eigenvalue weighted by atomic mass is 32.2. The number of carbonyl (C=O) groups excluding carboxylic acids is 2. The minimum absolute atomic E-state index is 0.0350. The van der Waals surface area contributed by atoms with E-state index in [0.717, 1.165) is 16.3 Å². The second-order valence-corrected chi connectivity index (χ2v) is 9.49. The molecular weight excluding hydrogens is 472 g/mol. The third kappa shape index (κ3) is 7.11. The minimum Gasteiger partial charge on any atom is -0.492 e. The molecular formula is C25H26N2O7S. The summed E-state index contributed by atoms with van der Waals surface area (Å²) < 4.78 is 33.8. The van der Waals surface area contributed by atoms with Gasteiger partial charge in [0.1, 0.15) is 16.9 Å². The SMILES string of the molecule is CCC(=O)Nc1ccc(S(=O)(=O)NC(C=O)CC(=O)O)c(OCCc2ccc3ccccc3c2)c1. The molecule has 9 nitrogen and oxygen atoms in total. The summed E-state index contributed by atoms with van der Waals surface area (Å²) in [5, 5.41) is 13.7. The fourth-order valence-corrected chi connectivity index (χ4v) is 4.71. The molecule has 3 aromatic carbocycles. The average Bonchev–Trinajstić information content (AvgIpc) is 2.83. The van der Waals surface area contributed by atoms with Crippen LogP contribution in [0.15, 0.2) is 65.6 Å². The number of sulfonamides is 1. The molecule has 0 aromatic heterocycles. The summed E-state index contributed by atoms with van der Waals surface area (Å²) in [4.78, 5) is 33.6. The molecule has 10 heteroatoms. The van der Waals surface area contributed by atoms with Crippen LogP contribution in [0.2, 0.25) is 0 Å². The van der Waals surface area contributed by atoms with Crippen LogP contribution in [-0.4, -0.2) is 44.3 Å². The zero-order valence-electron chi connectivity index (χ0n) is 19.1. The first-order chi connectivity index (χ1) is 16.7. The Labute approximate surface area is 203 Å². The summed E-state index contributed by atoms with van der Waals surface area (Å²) in [6, 6.07) is 16.5. The number of aldehydes is 1. The molecule has 0 radical (unpaired) electrons. The van der Waals surface area contributed by atoms with Crippen LogP contribution >= 0.6 is 0 Å². The molecule has 0 fully saturated rings. The van der Waals surface area contributed by atoms with Gasteiger partial charge in [0.15, 0.2) is 0 Å². The van der Waals surface area contributed by atoms with Crippen LogP contribution in [0.1, 0.15) is 25.3 Å². The standard InChI is InChI=1S/C25H26N2O7S/c1-2-24(29)26-20-9-10-23(35(32,33)27-21(16-28)15-25(30)31)22(14-20)34-12-11-17-7-8-18-5-3-4-6-19(18)13-17/h3-10,13-14,16,21,27H,2,11-12,15H2,1H3,(H,26,29)(H,30,31).